The number of nitrogens with two attached hydrogens (primary N) is 1. The number of carbonyl (C=O) groups is 2. The summed E-state index contributed by atoms with van der Waals surface area (Å²) in [5, 5.41) is 14.3. The number of aromatic amines is 1. The van der Waals surface area contributed by atoms with Crippen LogP contribution in [0.25, 0.3) is 0 Å². The van der Waals surface area contributed by atoms with Crippen molar-refractivity contribution >= 4 is 28.9 Å². The summed E-state index contributed by atoms with van der Waals surface area (Å²) in [6.45, 7) is 4.02. The van der Waals surface area contributed by atoms with Gasteiger partial charge in [-0.2, -0.15) is 0 Å². The van der Waals surface area contributed by atoms with Crippen LogP contribution in [-0.4, -0.2) is 45.4 Å². The van der Waals surface area contributed by atoms with Crippen LogP contribution in [0.15, 0.2) is 77.1 Å². The Morgan fingerprint density at radius 1 is 1.23 bits per heavy atom. The molecule has 0 bridgehead atoms. The van der Waals surface area contributed by atoms with E-state index in [1.807, 2.05) is 32.0 Å². The molecule has 0 aliphatic carbocycles. The number of aryl methyl sites for hydroxylation is 1. The SMILES string of the molecule is CCc1cccc(NC(=O)C(N)=C2CN(C(=O)c3ccc[nH]3)CC(C)C2=NCc2ccc(F)cc2[N+](=O)[O-])c1. The smallest absolute Gasteiger partial charge is 0.277 e. The predicted molar refractivity (Wildman–Crippen MR) is 146 cm³/mol. The fourth-order valence-corrected chi connectivity index (χ4v) is 4.53. The molecule has 11 heteroatoms. The summed E-state index contributed by atoms with van der Waals surface area (Å²) in [6.07, 6.45) is 2.44. The largest absolute Gasteiger partial charge is 0.394 e. The zero-order chi connectivity index (χ0) is 28.1. The summed E-state index contributed by atoms with van der Waals surface area (Å²) in [5.74, 6) is -1.89. The van der Waals surface area contributed by atoms with Crippen molar-refractivity contribution in [2.24, 2.45) is 16.6 Å². The number of hydrogen-bond donors (Lipinski definition) is 3. The first-order chi connectivity index (χ1) is 18.7. The molecule has 3 aromatic rings. The minimum Gasteiger partial charge on any atom is -0.394 e. The van der Waals surface area contributed by atoms with Crippen molar-refractivity contribution in [3.05, 3.63) is 105 Å². The second-order valence-corrected chi connectivity index (χ2v) is 9.30. The minimum atomic E-state index is -0.726. The molecule has 1 fully saturated rings. The number of nitrogens with zero attached hydrogens (tertiary/aromatic N) is 3. The number of hydrogen-bond acceptors (Lipinski definition) is 6. The van der Waals surface area contributed by atoms with Gasteiger partial charge < -0.3 is 20.9 Å². The Labute approximate surface area is 224 Å². The van der Waals surface area contributed by atoms with Gasteiger partial charge in [-0.3, -0.25) is 24.7 Å². The van der Waals surface area contributed by atoms with E-state index in [4.69, 9.17) is 5.73 Å². The maximum Gasteiger partial charge on any atom is 0.277 e. The first kappa shape index (κ1) is 27.2. The van der Waals surface area contributed by atoms with Crippen LogP contribution in [0.3, 0.4) is 0 Å². The van der Waals surface area contributed by atoms with E-state index < -0.39 is 22.3 Å². The molecule has 1 unspecified atom stereocenters. The Hall–Kier alpha value is -4.80. The van der Waals surface area contributed by atoms with Gasteiger partial charge in [-0.05, 0) is 48.4 Å². The molecular formula is C28H29FN6O4. The van der Waals surface area contributed by atoms with Gasteiger partial charge in [0.15, 0.2) is 0 Å². The van der Waals surface area contributed by atoms with E-state index in [1.54, 1.807) is 29.3 Å². The molecule has 4 rings (SSSR count). The van der Waals surface area contributed by atoms with Crippen molar-refractivity contribution < 1.29 is 18.9 Å². The number of likely N-dealkylation sites (tertiary alicyclic amines) is 1. The van der Waals surface area contributed by atoms with E-state index in [-0.39, 0.29) is 36.2 Å². The number of piperidine rings is 1. The Kier molecular flexibility index (Phi) is 8.18. The van der Waals surface area contributed by atoms with Crippen LogP contribution in [0.5, 0.6) is 0 Å². The zero-order valence-corrected chi connectivity index (χ0v) is 21.6. The van der Waals surface area contributed by atoms with Gasteiger partial charge in [0.1, 0.15) is 17.2 Å². The Balaban J connectivity index is 1.70. The predicted octanol–water partition coefficient (Wildman–Crippen LogP) is 4.21. The third-order valence-electron chi connectivity index (χ3n) is 6.56. The lowest BCUT2D eigenvalue weighted by atomic mass is 9.90. The lowest BCUT2D eigenvalue weighted by Crippen LogP contribution is -2.46. The number of aliphatic imine (C=N–C) groups is 1. The third kappa shape index (κ3) is 6.20. The molecule has 0 spiro atoms. The molecule has 1 saturated heterocycles. The number of carbonyl (C=O) groups excluding carboxylic acids is 2. The number of rotatable bonds is 7. The topological polar surface area (TPSA) is 147 Å². The van der Waals surface area contributed by atoms with Gasteiger partial charge in [0, 0.05) is 35.6 Å². The van der Waals surface area contributed by atoms with Crippen LogP contribution in [0.1, 0.15) is 35.5 Å². The van der Waals surface area contributed by atoms with Gasteiger partial charge in [0.2, 0.25) is 0 Å². The van der Waals surface area contributed by atoms with E-state index >= 15 is 0 Å². The summed E-state index contributed by atoms with van der Waals surface area (Å²) in [4.78, 5) is 46.2. The highest BCUT2D eigenvalue weighted by Gasteiger charge is 2.33. The standard InChI is InChI=1S/C28H29FN6O4/c1-3-18-6-4-7-21(12-18)33-27(36)25(30)22-16-34(28(37)23-8-5-11-31-23)15-17(2)26(22)32-14-19-9-10-20(29)13-24(19)35(38)39/h4-13,17,31H,3,14-16,30H2,1-2H3,(H,33,36). The van der Waals surface area contributed by atoms with Crippen LogP contribution in [-0.2, 0) is 17.8 Å². The number of H-pyrrole nitrogens is 1. The number of amides is 2. The first-order valence-corrected chi connectivity index (χ1v) is 12.5. The Morgan fingerprint density at radius 3 is 2.72 bits per heavy atom. The lowest BCUT2D eigenvalue weighted by Gasteiger charge is -2.34. The van der Waals surface area contributed by atoms with Crippen molar-refractivity contribution in [1.82, 2.24) is 9.88 Å². The van der Waals surface area contributed by atoms with Crippen LogP contribution in [0.2, 0.25) is 0 Å². The van der Waals surface area contributed by atoms with Crippen LogP contribution in [0.4, 0.5) is 15.8 Å². The number of aromatic nitrogens is 1. The quantitative estimate of drug-likeness (QED) is 0.237. The highest BCUT2D eigenvalue weighted by Crippen LogP contribution is 2.26. The summed E-state index contributed by atoms with van der Waals surface area (Å²) in [6, 6.07) is 14.0. The molecule has 1 aliphatic rings. The van der Waals surface area contributed by atoms with Crippen LogP contribution >= 0.6 is 0 Å². The first-order valence-electron chi connectivity index (χ1n) is 12.5. The molecule has 39 heavy (non-hydrogen) atoms. The van der Waals surface area contributed by atoms with Crippen LogP contribution in [0, 0.1) is 21.8 Å². The van der Waals surface area contributed by atoms with E-state index in [0.29, 0.717) is 29.2 Å². The molecule has 2 heterocycles. The van der Waals surface area contributed by atoms with Gasteiger partial charge in [-0.1, -0.05) is 26.0 Å². The highest BCUT2D eigenvalue weighted by atomic mass is 19.1. The Morgan fingerprint density at radius 2 is 2.03 bits per heavy atom. The molecule has 1 aliphatic heterocycles. The fraction of sp³-hybridized carbons (Fsp3) is 0.250. The van der Waals surface area contributed by atoms with E-state index in [0.717, 1.165) is 24.1 Å². The average Bonchev–Trinajstić information content (AvgIpc) is 3.47. The summed E-state index contributed by atoms with van der Waals surface area (Å²) in [5.41, 5.74) is 8.92. The number of nitrogens with one attached hydrogen (secondary N) is 2. The van der Waals surface area contributed by atoms with Crippen molar-refractivity contribution in [3.63, 3.8) is 0 Å². The van der Waals surface area contributed by atoms with Gasteiger partial charge in [-0.25, -0.2) is 4.39 Å². The number of benzene rings is 2. The van der Waals surface area contributed by atoms with E-state index in [2.05, 4.69) is 15.3 Å². The number of nitro groups is 1. The second-order valence-electron chi connectivity index (χ2n) is 9.30. The van der Waals surface area contributed by atoms with Gasteiger partial charge in [0.05, 0.1) is 29.6 Å². The normalized spacial score (nSPS) is 17.7. The van der Waals surface area contributed by atoms with E-state index in [9.17, 15) is 24.1 Å². The van der Waals surface area contributed by atoms with Crippen molar-refractivity contribution in [1.29, 1.82) is 0 Å². The number of nitro benzene ring substituents is 1. The average molecular weight is 533 g/mol. The molecular weight excluding hydrogens is 503 g/mol. The van der Waals surface area contributed by atoms with Crippen molar-refractivity contribution in [2.75, 3.05) is 18.4 Å². The Bertz CT molecular complexity index is 1460. The second kappa shape index (κ2) is 11.7. The zero-order valence-electron chi connectivity index (χ0n) is 21.6. The molecule has 2 amide bonds. The summed E-state index contributed by atoms with van der Waals surface area (Å²) >= 11 is 0. The summed E-state index contributed by atoms with van der Waals surface area (Å²) < 4.78 is 13.6. The molecule has 1 atom stereocenters. The van der Waals surface area contributed by atoms with Crippen molar-refractivity contribution in [2.45, 2.75) is 26.8 Å². The molecule has 202 valence electrons. The third-order valence-corrected chi connectivity index (χ3v) is 6.56. The minimum absolute atomic E-state index is 0.0147. The maximum atomic E-state index is 13.6. The number of halogens is 1. The molecule has 0 radical (unpaired) electrons. The molecule has 0 saturated carbocycles. The molecule has 4 N–H and O–H groups in total. The highest BCUT2D eigenvalue weighted by molar-refractivity contribution is 6.13. The lowest BCUT2D eigenvalue weighted by molar-refractivity contribution is -0.385. The fourth-order valence-electron chi connectivity index (χ4n) is 4.53. The number of anilines is 1. The van der Waals surface area contributed by atoms with Gasteiger partial charge >= 0.3 is 0 Å². The van der Waals surface area contributed by atoms with Gasteiger partial charge in [-0.15, -0.1) is 0 Å². The summed E-state index contributed by atoms with van der Waals surface area (Å²) in [7, 11) is 0. The molecule has 10 nitrogen and oxygen atoms in total. The van der Waals surface area contributed by atoms with Crippen LogP contribution < -0.4 is 11.1 Å². The van der Waals surface area contributed by atoms with Crippen molar-refractivity contribution in [3.8, 4) is 0 Å². The van der Waals surface area contributed by atoms with Gasteiger partial charge in [0.25, 0.3) is 17.5 Å². The van der Waals surface area contributed by atoms with E-state index in [1.165, 1.54) is 6.07 Å². The molecule has 2 aromatic carbocycles. The maximum absolute atomic E-state index is 13.6. The monoisotopic (exact) mass is 532 g/mol. The molecule has 1 aromatic heterocycles.